The summed E-state index contributed by atoms with van der Waals surface area (Å²) in [4.78, 5) is 0. The number of ether oxygens (including phenoxy) is 2. The molecule has 27 heavy (non-hydrogen) atoms. The Hall–Kier alpha value is -0.720. The molecule has 2 rings (SSSR count). The third kappa shape index (κ3) is 6.99. The van der Waals surface area contributed by atoms with Crippen LogP contribution in [0.3, 0.4) is 0 Å². The summed E-state index contributed by atoms with van der Waals surface area (Å²) in [6.07, 6.45) is 12.5. The van der Waals surface area contributed by atoms with Gasteiger partial charge in [-0.05, 0) is 57.3 Å². The average molecular weight is 383 g/mol. The number of allylic oxidation sites excluding steroid dienone is 1. The normalized spacial score (nSPS) is 33.6. The molecular weight excluding hydrogens is 344 g/mol. The van der Waals surface area contributed by atoms with Gasteiger partial charge >= 0.3 is 0 Å². The Morgan fingerprint density at radius 1 is 1.15 bits per heavy atom. The molecule has 0 aliphatic carbocycles. The maximum atomic E-state index is 10.6. The van der Waals surface area contributed by atoms with Gasteiger partial charge in [-0.3, -0.25) is 0 Å². The van der Waals surface area contributed by atoms with E-state index < -0.39 is 11.9 Å². The number of hydrogen-bond donors (Lipinski definition) is 3. The van der Waals surface area contributed by atoms with Crippen LogP contribution in [0.15, 0.2) is 24.8 Å². The first-order valence-electron chi connectivity index (χ1n) is 10.6. The second-order valence-electron chi connectivity index (χ2n) is 8.18. The van der Waals surface area contributed by atoms with Crippen LogP contribution in [0.1, 0.15) is 71.1 Å². The van der Waals surface area contributed by atoms with E-state index in [4.69, 9.17) is 14.6 Å². The lowest BCUT2D eigenvalue weighted by molar-refractivity contribution is -0.296. The molecule has 2 saturated heterocycles. The van der Waals surface area contributed by atoms with E-state index in [9.17, 15) is 10.2 Å². The molecule has 2 fully saturated rings. The van der Waals surface area contributed by atoms with Crippen LogP contribution >= 0.6 is 0 Å². The second kappa shape index (κ2) is 11.3. The quantitative estimate of drug-likeness (QED) is 0.377. The smallest absolute Gasteiger partial charge is 0.169 e. The summed E-state index contributed by atoms with van der Waals surface area (Å²) < 4.78 is 12.6. The van der Waals surface area contributed by atoms with Gasteiger partial charge in [0.15, 0.2) is 5.79 Å². The fourth-order valence-corrected chi connectivity index (χ4v) is 4.21. The van der Waals surface area contributed by atoms with Crippen LogP contribution < -0.4 is 0 Å². The van der Waals surface area contributed by atoms with Crippen molar-refractivity contribution in [2.45, 2.75) is 101 Å². The van der Waals surface area contributed by atoms with Crippen molar-refractivity contribution in [2.75, 3.05) is 6.61 Å². The summed E-state index contributed by atoms with van der Waals surface area (Å²) in [7, 11) is 0. The van der Waals surface area contributed by atoms with Crippen molar-refractivity contribution in [2.24, 2.45) is 5.92 Å². The predicted octanol–water partition coefficient (Wildman–Crippen LogP) is 3.47. The van der Waals surface area contributed by atoms with E-state index in [0.29, 0.717) is 19.3 Å². The summed E-state index contributed by atoms with van der Waals surface area (Å²) >= 11 is 0. The molecule has 5 heteroatoms. The molecule has 0 aromatic carbocycles. The summed E-state index contributed by atoms with van der Waals surface area (Å²) in [5, 5.41) is 29.6. The van der Waals surface area contributed by atoms with E-state index in [2.05, 4.69) is 13.5 Å². The highest BCUT2D eigenvalue weighted by Crippen LogP contribution is 2.44. The molecule has 1 spiro atoms. The zero-order valence-corrected chi connectivity index (χ0v) is 16.8. The highest BCUT2D eigenvalue weighted by atomic mass is 16.7. The molecule has 156 valence electrons. The molecule has 1 unspecified atom stereocenters. The van der Waals surface area contributed by atoms with Crippen LogP contribution in [0.25, 0.3) is 0 Å². The van der Waals surface area contributed by atoms with Crippen LogP contribution in [-0.2, 0) is 9.47 Å². The maximum Gasteiger partial charge on any atom is 0.169 e. The van der Waals surface area contributed by atoms with Gasteiger partial charge in [0.25, 0.3) is 0 Å². The number of hydrogen-bond acceptors (Lipinski definition) is 5. The Morgan fingerprint density at radius 2 is 1.93 bits per heavy atom. The highest BCUT2D eigenvalue weighted by molar-refractivity contribution is 4.93. The molecule has 0 aromatic rings. The zero-order valence-electron chi connectivity index (χ0n) is 16.8. The minimum absolute atomic E-state index is 0.0272. The summed E-state index contributed by atoms with van der Waals surface area (Å²) in [6.45, 7) is 5.96. The van der Waals surface area contributed by atoms with E-state index in [1.165, 1.54) is 0 Å². The number of aliphatic hydroxyl groups excluding tert-OH is 3. The van der Waals surface area contributed by atoms with Crippen LogP contribution in [-0.4, -0.2) is 52.1 Å². The Kier molecular flexibility index (Phi) is 9.46. The van der Waals surface area contributed by atoms with E-state index in [1.54, 1.807) is 0 Å². The summed E-state index contributed by atoms with van der Waals surface area (Å²) in [6, 6.07) is 0. The van der Waals surface area contributed by atoms with E-state index in [0.717, 1.165) is 44.9 Å². The number of unbranched alkanes of at least 4 members (excludes halogenated alkanes) is 1. The first-order valence-corrected chi connectivity index (χ1v) is 10.6. The largest absolute Gasteiger partial charge is 0.396 e. The Bertz CT molecular complexity index is 466. The molecule has 5 nitrogen and oxygen atoms in total. The van der Waals surface area contributed by atoms with Crippen molar-refractivity contribution < 1.29 is 24.8 Å². The van der Waals surface area contributed by atoms with Crippen molar-refractivity contribution in [1.82, 2.24) is 0 Å². The van der Waals surface area contributed by atoms with Gasteiger partial charge in [-0.1, -0.05) is 25.2 Å². The minimum Gasteiger partial charge on any atom is -0.396 e. The molecule has 0 bridgehead atoms. The molecule has 0 radical (unpaired) electrons. The van der Waals surface area contributed by atoms with Gasteiger partial charge in [0, 0.05) is 19.4 Å². The number of rotatable bonds is 11. The van der Waals surface area contributed by atoms with Crippen molar-refractivity contribution >= 4 is 0 Å². The first-order chi connectivity index (χ1) is 13.0. The maximum absolute atomic E-state index is 10.6. The Morgan fingerprint density at radius 3 is 2.67 bits per heavy atom. The molecule has 0 amide bonds. The topological polar surface area (TPSA) is 79.2 Å². The van der Waals surface area contributed by atoms with Crippen LogP contribution in [0.4, 0.5) is 0 Å². The molecule has 3 N–H and O–H groups in total. The monoisotopic (exact) mass is 382 g/mol. The van der Waals surface area contributed by atoms with E-state index in [1.807, 2.05) is 18.2 Å². The zero-order chi connectivity index (χ0) is 19.7. The molecule has 2 aliphatic rings. The SMILES string of the molecule is C=CCCC[C@H](O)C[C@@H]1CCC2(CC[C@@H](C)[C@H]([C@H](O)C/C=C\CCO)O2)O1. The number of aliphatic hydroxyl groups is 3. The molecule has 0 saturated carbocycles. The fourth-order valence-electron chi connectivity index (χ4n) is 4.21. The van der Waals surface area contributed by atoms with Crippen molar-refractivity contribution in [3.63, 3.8) is 0 Å². The van der Waals surface area contributed by atoms with Gasteiger partial charge < -0.3 is 24.8 Å². The van der Waals surface area contributed by atoms with Gasteiger partial charge in [0.05, 0.1) is 24.4 Å². The van der Waals surface area contributed by atoms with Crippen LogP contribution in [0.2, 0.25) is 0 Å². The van der Waals surface area contributed by atoms with E-state index >= 15 is 0 Å². The standard InChI is InChI=1S/C22H38O5/c1-3-4-6-9-18(24)16-19-12-14-22(26-19)13-11-17(2)21(27-22)20(25)10-7-5-8-15-23/h3,5,7,17-21,23-25H,1,4,6,8-16H2,2H3/b7-5-/t17-,18+,19+,20-,21-,22?/m1/s1. The summed E-state index contributed by atoms with van der Waals surface area (Å²) in [5.74, 6) is -0.317. The van der Waals surface area contributed by atoms with Gasteiger partial charge in [-0.15, -0.1) is 6.58 Å². The Balaban J connectivity index is 1.84. The molecule has 2 heterocycles. The molecule has 0 aromatic heterocycles. The second-order valence-corrected chi connectivity index (χ2v) is 8.18. The molecular formula is C22H38O5. The lowest BCUT2D eigenvalue weighted by Crippen LogP contribution is -2.49. The lowest BCUT2D eigenvalue weighted by atomic mass is 9.87. The third-order valence-corrected chi connectivity index (χ3v) is 5.82. The average Bonchev–Trinajstić information content (AvgIpc) is 3.03. The lowest BCUT2D eigenvalue weighted by Gasteiger charge is -2.43. The van der Waals surface area contributed by atoms with Crippen molar-refractivity contribution in [3.8, 4) is 0 Å². The van der Waals surface area contributed by atoms with Crippen molar-refractivity contribution in [1.29, 1.82) is 0 Å². The van der Waals surface area contributed by atoms with Gasteiger partial charge in [-0.2, -0.15) is 0 Å². The summed E-state index contributed by atoms with van der Waals surface area (Å²) in [5.41, 5.74) is 0. The predicted molar refractivity (Wildman–Crippen MR) is 106 cm³/mol. The highest BCUT2D eigenvalue weighted by Gasteiger charge is 2.48. The van der Waals surface area contributed by atoms with E-state index in [-0.39, 0.29) is 30.8 Å². The van der Waals surface area contributed by atoms with Crippen LogP contribution in [0.5, 0.6) is 0 Å². The molecule has 6 atom stereocenters. The first kappa shape index (κ1) is 22.6. The van der Waals surface area contributed by atoms with Gasteiger partial charge in [0.1, 0.15) is 0 Å². The van der Waals surface area contributed by atoms with Crippen molar-refractivity contribution in [3.05, 3.63) is 24.8 Å². The fraction of sp³-hybridized carbons (Fsp3) is 0.818. The van der Waals surface area contributed by atoms with Gasteiger partial charge in [0.2, 0.25) is 0 Å². The Labute approximate surface area is 164 Å². The van der Waals surface area contributed by atoms with Gasteiger partial charge in [-0.25, -0.2) is 0 Å². The minimum atomic E-state index is -0.599. The molecule has 2 aliphatic heterocycles. The third-order valence-electron chi connectivity index (χ3n) is 5.82. The van der Waals surface area contributed by atoms with Crippen LogP contribution in [0, 0.1) is 5.92 Å².